The van der Waals surface area contributed by atoms with Crippen molar-refractivity contribution in [1.29, 1.82) is 0 Å². The van der Waals surface area contributed by atoms with E-state index in [1.165, 1.54) is 16.9 Å². The second-order valence-electron chi connectivity index (χ2n) is 4.04. The Kier molecular flexibility index (Phi) is 3.23. The van der Waals surface area contributed by atoms with Gasteiger partial charge < -0.3 is 0 Å². The zero-order valence-corrected chi connectivity index (χ0v) is 12.9. The Labute approximate surface area is 126 Å². The molecule has 0 fully saturated rings. The van der Waals surface area contributed by atoms with Crippen molar-refractivity contribution in [2.75, 3.05) is 5.32 Å². The number of thiazole rings is 1. The molecule has 0 aliphatic rings. The van der Waals surface area contributed by atoms with Gasteiger partial charge in [0.25, 0.3) is 5.91 Å². The Morgan fingerprint density at radius 1 is 1.47 bits per heavy atom. The van der Waals surface area contributed by atoms with Crippen molar-refractivity contribution in [1.82, 2.24) is 15.2 Å². The van der Waals surface area contributed by atoms with Crippen molar-refractivity contribution in [3.63, 3.8) is 0 Å². The van der Waals surface area contributed by atoms with Crippen molar-refractivity contribution in [2.24, 2.45) is 0 Å². The van der Waals surface area contributed by atoms with E-state index in [1.807, 2.05) is 19.1 Å². The smallest absolute Gasteiger partial charge is 0.276 e. The maximum atomic E-state index is 12.0. The number of hydrogen-bond acceptors (Lipinski definition) is 4. The van der Waals surface area contributed by atoms with E-state index in [4.69, 9.17) is 0 Å². The Morgan fingerprint density at radius 2 is 2.32 bits per heavy atom. The number of amides is 1. The summed E-state index contributed by atoms with van der Waals surface area (Å²) in [5, 5.41) is 9.88. The van der Waals surface area contributed by atoms with Gasteiger partial charge in [-0.05, 0) is 47.2 Å². The molecular weight excluding hydrogens is 375 g/mol. The number of benzene rings is 1. The summed E-state index contributed by atoms with van der Waals surface area (Å²) in [4.78, 5) is 16.4. The Balaban J connectivity index is 1.89. The zero-order chi connectivity index (χ0) is 13.4. The molecule has 5 nitrogen and oxygen atoms in total. The third-order valence-corrected chi connectivity index (χ3v) is 4.34. The number of anilines is 1. The Morgan fingerprint density at radius 3 is 3.05 bits per heavy atom. The predicted octanol–water partition coefficient (Wildman–Crippen LogP) is 3.18. The van der Waals surface area contributed by atoms with Crippen LogP contribution >= 0.6 is 33.9 Å². The number of rotatable bonds is 2. The van der Waals surface area contributed by atoms with E-state index >= 15 is 0 Å². The fourth-order valence-corrected chi connectivity index (χ4v) is 3.14. The first-order valence-electron chi connectivity index (χ1n) is 5.51. The van der Waals surface area contributed by atoms with Gasteiger partial charge in [0, 0.05) is 0 Å². The number of aromatic nitrogens is 3. The summed E-state index contributed by atoms with van der Waals surface area (Å²) in [5.41, 5.74) is 2.53. The fourth-order valence-electron chi connectivity index (χ4n) is 1.68. The Bertz CT molecular complexity index is 764. The van der Waals surface area contributed by atoms with Crippen LogP contribution in [0.15, 0.2) is 24.4 Å². The molecule has 7 heteroatoms. The van der Waals surface area contributed by atoms with Crippen molar-refractivity contribution < 1.29 is 4.79 Å². The van der Waals surface area contributed by atoms with Crippen LogP contribution in [0, 0.1) is 10.5 Å². The van der Waals surface area contributed by atoms with E-state index in [9.17, 15) is 4.79 Å². The van der Waals surface area contributed by atoms with Gasteiger partial charge >= 0.3 is 0 Å². The SMILES string of the molecule is Cc1ccc2nc(NC(=O)c3[nH]ncc3I)sc2c1. The van der Waals surface area contributed by atoms with Crippen molar-refractivity contribution in [3.8, 4) is 0 Å². The number of carbonyl (C=O) groups excluding carboxylic acids is 1. The number of aromatic amines is 1. The molecule has 3 aromatic rings. The van der Waals surface area contributed by atoms with Crippen LogP contribution in [-0.4, -0.2) is 21.1 Å². The summed E-state index contributed by atoms with van der Waals surface area (Å²) < 4.78 is 1.85. The normalized spacial score (nSPS) is 10.8. The van der Waals surface area contributed by atoms with Gasteiger partial charge in [-0.15, -0.1) is 0 Å². The summed E-state index contributed by atoms with van der Waals surface area (Å²) in [6, 6.07) is 6.02. The predicted molar refractivity (Wildman–Crippen MR) is 83.6 cm³/mol. The van der Waals surface area contributed by atoms with Gasteiger partial charge in [-0.2, -0.15) is 5.10 Å². The average Bonchev–Trinajstić information content (AvgIpc) is 2.94. The van der Waals surface area contributed by atoms with Crippen molar-refractivity contribution >= 4 is 55.2 Å². The molecule has 0 saturated carbocycles. The van der Waals surface area contributed by atoms with Gasteiger partial charge in [0.05, 0.1) is 20.0 Å². The second kappa shape index (κ2) is 4.89. The van der Waals surface area contributed by atoms with Crippen LogP contribution in [0.5, 0.6) is 0 Å². The molecule has 0 bridgehead atoms. The highest BCUT2D eigenvalue weighted by Gasteiger charge is 2.14. The monoisotopic (exact) mass is 384 g/mol. The molecule has 19 heavy (non-hydrogen) atoms. The first kappa shape index (κ1) is 12.5. The molecule has 0 radical (unpaired) electrons. The van der Waals surface area contributed by atoms with E-state index in [0.717, 1.165) is 13.8 Å². The van der Waals surface area contributed by atoms with Crippen LogP contribution in [0.3, 0.4) is 0 Å². The van der Waals surface area contributed by atoms with Gasteiger partial charge in [0.1, 0.15) is 5.69 Å². The number of H-pyrrole nitrogens is 1. The molecule has 0 aliphatic heterocycles. The highest BCUT2D eigenvalue weighted by Crippen LogP contribution is 2.27. The summed E-state index contributed by atoms with van der Waals surface area (Å²) in [6.07, 6.45) is 1.61. The van der Waals surface area contributed by atoms with E-state index < -0.39 is 0 Å². The molecular formula is C12H9IN4OS. The van der Waals surface area contributed by atoms with Crippen molar-refractivity contribution in [2.45, 2.75) is 6.92 Å². The fraction of sp³-hybridized carbons (Fsp3) is 0.0833. The highest BCUT2D eigenvalue weighted by atomic mass is 127. The maximum absolute atomic E-state index is 12.0. The molecule has 2 heterocycles. The van der Waals surface area contributed by atoms with Gasteiger partial charge in [-0.1, -0.05) is 17.4 Å². The van der Waals surface area contributed by atoms with E-state index in [-0.39, 0.29) is 5.91 Å². The van der Waals surface area contributed by atoms with E-state index in [2.05, 4.69) is 49.2 Å². The molecule has 2 N–H and O–H groups in total. The third kappa shape index (κ3) is 2.47. The highest BCUT2D eigenvalue weighted by molar-refractivity contribution is 14.1. The lowest BCUT2D eigenvalue weighted by atomic mass is 10.2. The van der Waals surface area contributed by atoms with Crippen LogP contribution in [0.4, 0.5) is 5.13 Å². The maximum Gasteiger partial charge on any atom is 0.276 e. The lowest BCUT2D eigenvalue weighted by molar-refractivity contribution is 0.102. The molecule has 1 aromatic carbocycles. The van der Waals surface area contributed by atoms with Gasteiger partial charge in [0.2, 0.25) is 0 Å². The average molecular weight is 384 g/mol. The van der Waals surface area contributed by atoms with Crippen LogP contribution in [0.25, 0.3) is 10.2 Å². The largest absolute Gasteiger partial charge is 0.296 e. The minimum atomic E-state index is -0.224. The van der Waals surface area contributed by atoms with Gasteiger partial charge in [-0.25, -0.2) is 4.98 Å². The molecule has 3 rings (SSSR count). The van der Waals surface area contributed by atoms with Crippen LogP contribution < -0.4 is 5.32 Å². The molecule has 0 unspecified atom stereocenters. The summed E-state index contributed by atoms with van der Waals surface area (Å²) in [5.74, 6) is -0.224. The lowest BCUT2D eigenvalue weighted by Gasteiger charge is -1.98. The minimum Gasteiger partial charge on any atom is -0.296 e. The van der Waals surface area contributed by atoms with Crippen molar-refractivity contribution in [3.05, 3.63) is 39.2 Å². The van der Waals surface area contributed by atoms with Crippen LogP contribution in [0.1, 0.15) is 16.1 Å². The first-order chi connectivity index (χ1) is 9.13. The standard InChI is InChI=1S/C12H9IN4OS/c1-6-2-3-8-9(4-6)19-12(15-8)16-11(18)10-7(13)5-14-17-10/h2-5H,1H3,(H,14,17)(H,15,16,18). The molecule has 0 atom stereocenters. The molecule has 0 saturated heterocycles. The number of aryl methyl sites for hydroxylation is 1. The number of fused-ring (bicyclic) bond motifs is 1. The van der Waals surface area contributed by atoms with Gasteiger partial charge in [-0.3, -0.25) is 15.2 Å². The van der Waals surface area contributed by atoms with Crippen LogP contribution in [0.2, 0.25) is 0 Å². The lowest BCUT2D eigenvalue weighted by Crippen LogP contribution is -2.13. The molecule has 0 spiro atoms. The summed E-state index contributed by atoms with van der Waals surface area (Å²) in [7, 11) is 0. The molecule has 1 amide bonds. The number of nitrogens with one attached hydrogen (secondary N) is 2. The molecule has 96 valence electrons. The molecule has 0 aliphatic carbocycles. The Hall–Kier alpha value is -1.48. The summed E-state index contributed by atoms with van der Waals surface area (Å²) >= 11 is 3.52. The minimum absolute atomic E-state index is 0.224. The van der Waals surface area contributed by atoms with E-state index in [0.29, 0.717) is 10.8 Å². The second-order valence-corrected chi connectivity index (χ2v) is 6.23. The van der Waals surface area contributed by atoms with Gasteiger partial charge in [0.15, 0.2) is 5.13 Å². The number of hydrogen-bond donors (Lipinski definition) is 2. The topological polar surface area (TPSA) is 70.7 Å². The molecule has 2 aromatic heterocycles. The summed E-state index contributed by atoms with van der Waals surface area (Å²) in [6.45, 7) is 2.03. The quantitative estimate of drug-likeness (QED) is 0.667. The van der Waals surface area contributed by atoms with Crippen LogP contribution in [-0.2, 0) is 0 Å². The first-order valence-corrected chi connectivity index (χ1v) is 7.40. The number of halogens is 1. The third-order valence-electron chi connectivity index (χ3n) is 2.58. The number of nitrogens with zero attached hydrogens (tertiary/aromatic N) is 2. The van der Waals surface area contributed by atoms with E-state index in [1.54, 1.807) is 6.20 Å². The zero-order valence-electron chi connectivity index (χ0n) is 9.90. The number of carbonyl (C=O) groups is 1.